The molecule has 4 aromatic rings. The van der Waals surface area contributed by atoms with Gasteiger partial charge in [-0.05, 0) is 48.2 Å². The normalized spacial score (nSPS) is 14.3. The van der Waals surface area contributed by atoms with Crippen LogP contribution in [0.1, 0.15) is 28.3 Å². The van der Waals surface area contributed by atoms with E-state index in [1.165, 1.54) is 22.3 Å². The Labute approximate surface area is 207 Å². The van der Waals surface area contributed by atoms with E-state index in [0.717, 1.165) is 37.7 Å². The average Bonchev–Trinajstić information content (AvgIpc) is 2.89. The molecule has 0 atom stereocenters. The summed E-state index contributed by atoms with van der Waals surface area (Å²) in [5.41, 5.74) is 13.2. The number of benzene rings is 3. The second kappa shape index (κ2) is 10.2. The van der Waals surface area contributed by atoms with Crippen LogP contribution in [0.15, 0.2) is 85.2 Å². The lowest BCUT2D eigenvalue weighted by Gasteiger charge is -2.40. The summed E-state index contributed by atoms with van der Waals surface area (Å²) in [4.78, 5) is 13.8. The minimum absolute atomic E-state index is 0.226. The smallest absolute Gasteiger partial charge is 0.159 e. The number of aryl methyl sites for hydroxylation is 2. The molecule has 178 valence electrons. The molecule has 1 saturated heterocycles. The van der Waals surface area contributed by atoms with Crippen LogP contribution in [0.5, 0.6) is 0 Å². The van der Waals surface area contributed by atoms with Gasteiger partial charge in [0.1, 0.15) is 12.0 Å². The Morgan fingerprint density at radius 1 is 0.771 bits per heavy atom. The highest BCUT2D eigenvalue weighted by molar-refractivity contribution is 5.78. The van der Waals surface area contributed by atoms with E-state index in [1.807, 2.05) is 0 Å². The molecular formula is C29H32N6. The van der Waals surface area contributed by atoms with Crippen molar-refractivity contribution < 1.29 is 0 Å². The molecular weight excluding hydrogens is 432 g/mol. The zero-order valence-corrected chi connectivity index (χ0v) is 20.4. The third-order valence-corrected chi connectivity index (χ3v) is 6.84. The summed E-state index contributed by atoms with van der Waals surface area (Å²) in [7, 11) is 0. The number of hydrogen-bond acceptors (Lipinski definition) is 6. The van der Waals surface area contributed by atoms with Crippen molar-refractivity contribution in [1.29, 1.82) is 0 Å². The lowest BCUT2D eigenvalue weighted by Crippen LogP contribution is -2.48. The maximum Gasteiger partial charge on any atom is 0.159 e. The highest BCUT2D eigenvalue weighted by Gasteiger charge is 2.28. The molecule has 0 amide bonds. The van der Waals surface area contributed by atoms with Crippen LogP contribution < -0.4 is 16.0 Å². The Morgan fingerprint density at radius 2 is 1.40 bits per heavy atom. The van der Waals surface area contributed by atoms with E-state index in [4.69, 9.17) is 5.73 Å². The maximum atomic E-state index is 6.56. The number of nitrogens with two attached hydrogens (primary N) is 1. The maximum absolute atomic E-state index is 6.56. The molecule has 1 aromatic heterocycles. The van der Waals surface area contributed by atoms with E-state index in [9.17, 15) is 0 Å². The quantitative estimate of drug-likeness (QED) is 0.402. The van der Waals surface area contributed by atoms with Crippen LogP contribution in [0.4, 0.5) is 23.0 Å². The van der Waals surface area contributed by atoms with Crippen LogP contribution in [0, 0.1) is 13.8 Å². The van der Waals surface area contributed by atoms with E-state index >= 15 is 0 Å². The fraction of sp³-hybridized carbons (Fsp3) is 0.241. The molecule has 0 unspecified atom stereocenters. The lowest BCUT2D eigenvalue weighted by atomic mass is 9.96. The number of hydrogen-bond donors (Lipinski definition) is 2. The predicted molar refractivity (Wildman–Crippen MR) is 144 cm³/mol. The van der Waals surface area contributed by atoms with E-state index in [1.54, 1.807) is 6.33 Å². The van der Waals surface area contributed by atoms with E-state index in [-0.39, 0.29) is 6.04 Å². The molecule has 1 aliphatic heterocycles. The van der Waals surface area contributed by atoms with Crippen molar-refractivity contribution >= 4 is 23.0 Å². The van der Waals surface area contributed by atoms with Crippen LogP contribution in [0.2, 0.25) is 0 Å². The van der Waals surface area contributed by atoms with Crippen molar-refractivity contribution in [3.8, 4) is 0 Å². The molecule has 3 aromatic carbocycles. The first-order valence-electron chi connectivity index (χ1n) is 12.1. The largest absolute Gasteiger partial charge is 0.393 e. The molecule has 6 heteroatoms. The van der Waals surface area contributed by atoms with Crippen molar-refractivity contribution in [2.24, 2.45) is 0 Å². The van der Waals surface area contributed by atoms with Gasteiger partial charge in [-0.2, -0.15) is 0 Å². The number of rotatable bonds is 6. The van der Waals surface area contributed by atoms with Crippen LogP contribution >= 0.6 is 0 Å². The summed E-state index contributed by atoms with van der Waals surface area (Å²) in [6.07, 6.45) is 1.60. The van der Waals surface area contributed by atoms with Crippen molar-refractivity contribution in [1.82, 2.24) is 14.9 Å². The van der Waals surface area contributed by atoms with Gasteiger partial charge in [0.2, 0.25) is 0 Å². The predicted octanol–water partition coefficient (Wildman–Crippen LogP) is 5.33. The first kappa shape index (κ1) is 22.9. The van der Waals surface area contributed by atoms with Gasteiger partial charge in [0, 0.05) is 31.9 Å². The molecule has 1 aliphatic rings. The fourth-order valence-electron chi connectivity index (χ4n) is 4.77. The number of nitrogen functional groups attached to an aromatic ring is 1. The molecule has 0 aliphatic carbocycles. The van der Waals surface area contributed by atoms with Crippen molar-refractivity contribution in [2.75, 3.05) is 42.1 Å². The second-order valence-corrected chi connectivity index (χ2v) is 9.13. The number of nitrogens with one attached hydrogen (secondary N) is 1. The van der Waals surface area contributed by atoms with Gasteiger partial charge in [0.25, 0.3) is 0 Å². The summed E-state index contributed by atoms with van der Waals surface area (Å²) in [5.74, 6) is 1.44. The molecule has 0 radical (unpaired) electrons. The van der Waals surface area contributed by atoms with E-state index in [0.29, 0.717) is 11.5 Å². The highest BCUT2D eigenvalue weighted by Crippen LogP contribution is 2.33. The molecule has 0 bridgehead atoms. The van der Waals surface area contributed by atoms with Crippen molar-refractivity contribution in [2.45, 2.75) is 19.9 Å². The molecule has 0 saturated carbocycles. The molecule has 6 nitrogen and oxygen atoms in total. The topological polar surface area (TPSA) is 70.3 Å². The van der Waals surface area contributed by atoms with E-state index < -0.39 is 0 Å². The molecule has 35 heavy (non-hydrogen) atoms. The highest BCUT2D eigenvalue weighted by atomic mass is 15.3. The summed E-state index contributed by atoms with van der Waals surface area (Å²) < 4.78 is 0. The van der Waals surface area contributed by atoms with Crippen LogP contribution in [0.3, 0.4) is 0 Å². The number of aromatic nitrogens is 2. The molecule has 2 heterocycles. The standard InChI is InChI=1S/C29H32N6/c1-21-13-14-25(19-22(21)2)33-28-26(30)29(32-20-31-28)35-17-15-34(16-18-35)27(23-9-5-3-6-10-23)24-11-7-4-8-12-24/h3-14,19-20,27H,15-18,30H2,1-2H3,(H,31,32,33). The SMILES string of the molecule is Cc1ccc(Nc2ncnc(N3CCN(C(c4ccccc4)c4ccccc4)CC3)c2N)cc1C. The Balaban J connectivity index is 1.33. The Bertz CT molecular complexity index is 1230. The molecule has 0 spiro atoms. The van der Waals surface area contributed by atoms with Crippen LogP contribution in [-0.2, 0) is 0 Å². The zero-order valence-electron chi connectivity index (χ0n) is 20.4. The number of nitrogens with zero attached hydrogens (tertiary/aromatic N) is 4. The first-order chi connectivity index (χ1) is 17.1. The third kappa shape index (κ3) is 4.98. The van der Waals surface area contributed by atoms with Gasteiger partial charge in [0.05, 0.1) is 6.04 Å². The lowest BCUT2D eigenvalue weighted by molar-refractivity contribution is 0.212. The molecule has 1 fully saturated rings. The Morgan fingerprint density at radius 3 is 2.00 bits per heavy atom. The number of anilines is 4. The van der Waals surface area contributed by atoms with Gasteiger partial charge in [-0.3, -0.25) is 4.90 Å². The molecule has 3 N–H and O–H groups in total. The van der Waals surface area contributed by atoms with Gasteiger partial charge in [-0.15, -0.1) is 0 Å². The number of piperazine rings is 1. The van der Waals surface area contributed by atoms with Gasteiger partial charge in [-0.25, -0.2) is 9.97 Å². The van der Waals surface area contributed by atoms with Crippen LogP contribution in [0.25, 0.3) is 0 Å². The van der Waals surface area contributed by atoms with Crippen molar-refractivity contribution in [3.05, 3.63) is 107 Å². The van der Waals surface area contributed by atoms with Gasteiger partial charge < -0.3 is 16.0 Å². The Kier molecular flexibility index (Phi) is 6.64. The fourth-order valence-corrected chi connectivity index (χ4v) is 4.77. The minimum Gasteiger partial charge on any atom is -0.393 e. The first-order valence-corrected chi connectivity index (χ1v) is 12.1. The Hall–Kier alpha value is -3.90. The summed E-state index contributed by atoms with van der Waals surface area (Å²) in [6.45, 7) is 7.74. The summed E-state index contributed by atoms with van der Waals surface area (Å²) in [5, 5.41) is 3.38. The van der Waals surface area contributed by atoms with Crippen LogP contribution in [-0.4, -0.2) is 41.0 Å². The third-order valence-electron chi connectivity index (χ3n) is 6.84. The monoisotopic (exact) mass is 464 g/mol. The molecule has 5 rings (SSSR count). The second-order valence-electron chi connectivity index (χ2n) is 9.13. The summed E-state index contributed by atoms with van der Waals surface area (Å²) in [6, 6.07) is 28.0. The minimum atomic E-state index is 0.226. The average molecular weight is 465 g/mol. The van der Waals surface area contributed by atoms with Crippen molar-refractivity contribution in [3.63, 3.8) is 0 Å². The summed E-state index contributed by atoms with van der Waals surface area (Å²) >= 11 is 0. The van der Waals surface area contributed by atoms with Gasteiger partial charge in [-0.1, -0.05) is 66.7 Å². The van der Waals surface area contributed by atoms with Gasteiger partial charge >= 0.3 is 0 Å². The zero-order chi connectivity index (χ0) is 24.2. The van der Waals surface area contributed by atoms with Gasteiger partial charge in [0.15, 0.2) is 11.6 Å². The van der Waals surface area contributed by atoms with E-state index in [2.05, 4.69) is 118 Å².